The summed E-state index contributed by atoms with van der Waals surface area (Å²) >= 11 is 0. The van der Waals surface area contributed by atoms with E-state index in [1.54, 1.807) is 13.3 Å². The first-order valence-corrected chi connectivity index (χ1v) is 6.63. The number of likely N-dealkylation sites (N-methyl/N-ethyl adjacent to an activating group) is 1. The first kappa shape index (κ1) is 15.1. The van der Waals surface area contributed by atoms with Gasteiger partial charge in [0, 0.05) is 32.1 Å². The normalized spacial score (nSPS) is 14.7. The predicted octanol–water partition coefficient (Wildman–Crippen LogP) is 1.83. The SMILES string of the molecule is CCC(N)C(c1cccnc1)N(CC)CCOC. The van der Waals surface area contributed by atoms with Crippen molar-refractivity contribution in [3.8, 4) is 0 Å². The van der Waals surface area contributed by atoms with E-state index in [1.165, 1.54) is 5.56 Å². The van der Waals surface area contributed by atoms with E-state index in [9.17, 15) is 0 Å². The Morgan fingerprint density at radius 2 is 2.22 bits per heavy atom. The number of hydrogen-bond acceptors (Lipinski definition) is 4. The second kappa shape index (κ2) is 8.19. The number of nitrogens with zero attached hydrogens (tertiary/aromatic N) is 2. The molecule has 1 aromatic heterocycles. The lowest BCUT2D eigenvalue weighted by molar-refractivity contribution is 0.112. The number of ether oxygens (including phenoxy) is 1. The molecular weight excluding hydrogens is 226 g/mol. The molecule has 1 heterocycles. The highest BCUT2D eigenvalue weighted by Gasteiger charge is 2.24. The van der Waals surface area contributed by atoms with E-state index in [2.05, 4.69) is 29.8 Å². The molecule has 0 aliphatic rings. The van der Waals surface area contributed by atoms with Crippen molar-refractivity contribution >= 4 is 0 Å². The van der Waals surface area contributed by atoms with Gasteiger partial charge in [0.05, 0.1) is 12.6 Å². The Hall–Kier alpha value is -0.970. The average Bonchev–Trinajstić information content (AvgIpc) is 2.43. The van der Waals surface area contributed by atoms with Crippen LogP contribution in [-0.4, -0.2) is 42.7 Å². The lowest BCUT2D eigenvalue weighted by Crippen LogP contribution is -2.42. The van der Waals surface area contributed by atoms with Crippen LogP contribution < -0.4 is 5.73 Å². The van der Waals surface area contributed by atoms with E-state index in [1.807, 2.05) is 12.3 Å². The minimum atomic E-state index is 0.117. The summed E-state index contributed by atoms with van der Waals surface area (Å²) in [6, 6.07) is 4.40. The molecular formula is C14H25N3O. The van der Waals surface area contributed by atoms with E-state index in [0.29, 0.717) is 0 Å². The van der Waals surface area contributed by atoms with Crippen molar-refractivity contribution in [3.63, 3.8) is 0 Å². The lowest BCUT2D eigenvalue weighted by Gasteiger charge is -2.34. The van der Waals surface area contributed by atoms with E-state index in [0.717, 1.165) is 26.1 Å². The molecule has 102 valence electrons. The van der Waals surface area contributed by atoms with Gasteiger partial charge in [-0.3, -0.25) is 9.88 Å². The Labute approximate surface area is 110 Å². The summed E-state index contributed by atoms with van der Waals surface area (Å²) in [5, 5.41) is 0. The number of aromatic nitrogens is 1. The molecule has 0 saturated carbocycles. The fourth-order valence-electron chi connectivity index (χ4n) is 2.21. The van der Waals surface area contributed by atoms with Crippen LogP contribution in [0.4, 0.5) is 0 Å². The molecule has 0 amide bonds. The Kier molecular flexibility index (Phi) is 6.86. The highest BCUT2D eigenvalue weighted by molar-refractivity contribution is 5.16. The summed E-state index contributed by atoms with van der Waals surface area (Å²) in [6.45, 7) is 6.84. The zero-order valence-corrected chi connectivity index (χ0v) is 11.7. The monoisotopic (exact) mass is 251 g/mol. The van der Waals surface area contributed by atoms with Crippen LogP contribution in [0.25, 0.3) is 0 Å². The lowest BCUT2D eigenvalue weighted by atomic mass is 9.97. The Bertz CT molecular complexity index is 318. The molecule has 4 nitrogen and oxygen atoms in total. The predicted molar refractivity (Wildman–Crippen MR) is 74.4 cm³/mol. The first-order valence-electron chi connectivity index (χ1n) is 6.63. The molecule has 0 aliphatic heterocycles. The minimum absolute atomic E-state index is 0.117. The smallest absolute Gasteiger partial charge is 0.0589 e. The third-order valence-corrected chi connectivity index (χ3v) is 3.29. The first-order chi connectivity index (χ1) is 8.74. The number of rotatable bonds is 8. The van der Waals surface area contributed by atoms with Gasteiger partial charge in [0.25, 0.3) is 0 Å². The Morgan fingerprint density at radius 1 is 1.44 bits per heavy atom. The Balaban J connectivity index is 2.89. The van der Waals surface area contributed by atoms with Crippen molar-refractivity contribution in [2.24, 2.45) is 5.73 Å². The van der Waals surface area contributed by atoms with Crippen LogP contribution >= 0.6 is 0 Å². The maximum absolute atomic E-state index is 6.29. The molecule has 0 bridgehead atoms. The molecule has 0 spiro atoms. The van der Waals surface area contributed by atoms with E-state index < -0.39 is 0 Å². The largest absolute Gasteiger partial charge is 0.383 e. The standard InChI is InChI=1S/C14H25N3O/c1-4-13(15)14(12-7-6-8-16-11-12)17(5-2)9-10-18-3/h6-8,11,13-14H,4-5,9-10,15H2,1-3H3. The summed E-state index contributed by atoms with van der Waals surface area (Å²) in [6.07, 6.45) is 4.65. The van der Waals surface area contributed by atoms with Crippen molar-refractivity contribution < 1.29 is 4.74 Å². The van der Waals surface area contributed by atoms with E-state index >= 15 is 0 Å². The highest BCUT2D eigenvalue weighted by atomic mass is 16.5. The molecule has 18 heavy (non-hydrogen) atoms. The second-order valence-corrected chi connectivity index (χ2v) is 4.42. The summed E-state index contributed by atoms with van der Waals surface area (Å²) in [7, 11) is 1.73. The molecule has 1 aromatic rings. The topological polar surface area (TPSA) is 51.4 Å². The van der Waals surface area contributed by atoms with Gasteiger partial charge in [-0.05, 0) is 24.6 Å². The van der Waals surface area contributed by atoms with Crippen LogP contribution in [0.15, 0.2) is 24.5 Å². The van der Waals surface area contributed by atoms with Crippen LogP contribution in [0.5, 0.6) is 0 Å². The van der Waals surface area contributed by atoms with Gasteiger partial charge in [-0.15, -0.1) is 0 Å². The van der Waals surface area contributed by atoms with Crippen LogP contribution in [0.2, 0.25) is 0 Å². The third kappa shape index (κ3) is 4.05. The van der Waals surface area contributed by atoms with Crippen molar-refractivity contribution in [2.45, 2.75) is 32.4 Å². The maximum Gasteiger partial charge on any atom is 0.0589 e. The molecule has 2 unspecified atom stereocenters. The highest BCUT2D eigenvalue weighted by Crippen LogP contribution is 2.24. The molecule has 1 rings (SSSR count). The van der Waals surface area contributed by atoms with Crippen LogP contribution in [-0.2, 0) is 4.74 Å². The number of pyridine rings is 1. The van der Waals surface area contributed by atoms with E-state index in [4.69, 9.17) is 10.5 Å². The molecule has 0 aromatic carbocycles. The van der Waals surface area contributed by atoms with Gasteiger partial charge in [0.1, 0.15) is 0 Å². The average molecular weight is 251 g/mol. The van der Waals surface area contributed by atoms with Gasteiger partial charge in [-0.2, -0.15) is 0 Å². The Morgan fingerprint density at radius 3 is 2.72 bits per heavy atom. The van der Waals surface area contributed by atoms with Crippen LogP contribution in [0, 0.1) is 0 Å². The van der Waals surface area contributed by atoms with Gasteiger partial charge in [-0.1, -0.05) is 19.9 Å². The fraction of sp³-hybridized carbons (Fsp3) is 0.643. The van der Waals surface area contributed by atoms with Gasteiger partial charge in [-0.25, -0.2) is 0 Å². The molecule has 4 heteroatoms. The quantitative estimate of drug-likeness (QED) is 0.766. The van der Waals surface area contributed by atoms with Gasteiger partial charge >= 0.3 is 0 Å². The summed E-state index contributed by atoms with van der Waals surface area (Å²) in [4.78, 5) is 6.56. The van der Waals surface area contributed by atoms with Crippen molar-refractivity contribution in [2.75, 3.05) is 26.8 Å². The van der Waals surface area contributed by atoms with E-state index in [-0.39, 0.29) is 12.1 Å². The van der Waals surface area contributed by atoms with Gasteiger partial charge in [0.15, 0.2) is 0 Å². The summed E-state index contributed by atoms with van der Waals surface area (Å²) in [5.41, 5.74) is 7.47. The van der Waals surface area contributed by atoms with Crippen molar-refractivity contribution in [1.29, 1.82) is 0 Å². The number of hydrogen-bond donors (Lipinski definition) is 1. The minimum Gasteiger partial charge on any atom is -0.383 e. The molecule has 0 saturated heterocycles. The van der Waals surface area contributed by atoms with Crippen molar-refractivity contribution in [1.82, 2.24) is 9.88 Å². The summed E-state index contributed by atoms with van der Waals surface area (Å²) in [5.74, 6) is 0. The molecule has 0 fully saturated rings. The van der Waals surface area contributed by atoms with Crippen LogP contribution in [0.1, 0.15) is 31.9 Å². The molecule has 2 atom stereocenters. The van der Waals surface area contributed by atoms with Crippen LogP contribution in [0.3, 0.4) is 0 Å². The summed E-state index contributed by atoms with van der Waals surface area (Å²) < 4.78 is 5.18. The van der Waals surface area contributed by atoms with Crippen molar-refractivity contribution in [3.05, 3.63) is 30.1 Å². The molecule has 2 N–H and O–H groups in total. The number of nitrogens with two attached hydrogens (primary N) is 1. The van der Waals surface area contributed by atoms with Gasteiger partial charge < -0.3 is 10.5 Å². The molecule has 0 aliphatic carbocycles. The third-order valence-electron chi connectivity index (χ3n) is 3.29. The maximum atomic E-state index is 6.29. The number of methoxy groups -OCH3 is 1. The second-order valence-electron chi connectivity index (χ2n) is 4.42. The zero-order chi connectivity index (χ0) is 13.4. The molecule has 0 radical (unpaired) electrons. The van der Waals surface area contributed by atoms with Gasteiger partial charge in [0.2, 0.25) is 0 Å². The fourth-order valence-corrected chi connectivity index (χ4v) is 2.21. The zero-order valence-electron chi connectivity index (χ0n) is 11.7.